The van der Waals surface area contributed by atoms with Crippen LogP contribution in [0.4, 0.5) is 5.69 Å². The summed E-state index contributed by atoms with van der Waals surface area (Å²) in [4.78, 5) is 27.8. The molecular weight excluding hydrogens is 376 g/mol. The van der Waals surface area contributed by atoms with E-state index in [0.29, 0.717) is 37.6 Å². The van der Waals surface area contributed by atoms with Gasteiger partial charge in [-0.2, -0.15) is 0 Å². The molecule has 0 bridgehead atoms. The first-order valence-corrected chi connectivity index (χ1v) is 10.1. The third kappa shape index (κ3) is 4.58. The third-order valence-corrected chi connectivity index (χ3v) is 5.20. The molecule has 1 heterocycles. The van der Waals surface area contributed by atoms with Crippen molar-refractivity contribution in [2.75, 3.05) is 31.6 Å². The first-order chi connectivity index (χ1) is 14.7. The molecule has 152 valence electrons. The van der Waals surface area contributed by atoms with E-state index >= 15 is 0 Å². The van der Waals surface area contributed by atoms with Crippen LogP contribution >= 0.6 is 0 Å². The molecule has 5 heteroatoms. The summed E-state index contributed by atoms with van der Waals surface area (Å²) in [6.07, 6.45) is 0. The maximum absolute atomic E-state index is 13.3. The van der Waals surface area contributed by atoms with Gasteiger partial charge in [0.15, 0.2) is 0 Å². The Morgan fingerprint density at radius 2 is 1.40 bits per heavy atom. The van der Waals surface area contributed by atoms with Gasteiger partial charge in [-0.05, 0) is 29.3 Å². The highest BCUT2D eigenvalue weighted by atomic mass is 16.5. The van der Waals surface area contributed by atoms with E-state index in [-0.39, 0.29) is 11.8 Å². The van der Waals surface area contributed by atoms with Gasteiger partial charge in [-0.25, -0.2) is 0 Å². The summed E-state index contributed by atoms with van der Waals surface area (Å²) in [7, 11) is 0. The molecule has 0 unspecified atom stereocenters. The number of morpholine rings is 1. The molecule has 0 atom stereocenters. The van der Waals surface area contributed by atoms with Crippen molar-refractivity contribution in [3.8, 4) is 0 Å². The summed E-state index contributed by atoms with van der Waals surface area (Å²) in [6, 6.07) is 26.5. The first kappa shape index (κ1) is 19.9. The Labute approximate surface area is 176 Å². The molecule has 0 saturated carbocycles. The second-order valence-electron chi connectivity index (χ2n) is 7.23. The molecule has 1 N–H and O–H groups in total. The fraction of sp³-hybridized carbons (Fsp3) is 0.200. The SMILES string of the molecule is O=C(Nc1cccc(C(=O)N2CCOCC2)c1)C(c1ccccc1)c1ccccc1. The van der Waals surface area contributed by atoms with E-state index < -0.39 is 5.92 Å². The highest BCUT2D eigenvalue weighted by Crippen LogP contribution is 2.26. The Kier molecular flexibility index (Phi) is 6.20. The van der Waals surface area contributed by atoms with E-state index in [1.54, 1.807) is 29.2 Å². The van der Waals surface area contributed by atoms with Crippen molar-refractivity contribution in [2.45, 2.75) is 5.92 Å². The third-order valence-electron chi connectivity index (χ3n) is 5.20. The maximum atomic E-state index is 13.3. The zero-order chi connectivity index (χ0) is 20.8. The van der Waals surface area contributed by atoms with Gasteiger partial charge >= 0.3 is 0 Å². The second-order valence-corrected chi connectivity index (χ2v) is 7.23. The number of hydrogen-bond acceptors (Lipinski definition) is 3. The predicted molar refractivity (Wildman–Crippen MR) is 117 cm³/mol. The molecule has 30 heavy (non-hydrogen) atoms. The standard InChI is InChI=1S/C25H24N2O3/c28-24(23(19-8-3-1-4-9-19)20-10-5-2-6-11-20)26-22-13-7-12-21(18-22)25(29)27-14-16-30-17-15-27/h1-13,18,23H,14-17H2,(H,26,28). The van der Waals surface area contributed by atoms with Crippen LogP contribution in [0, 0.1) is 0 Å². The van der Waals surface area contributed by atoms with Crippen LogP contribution in [0.2, 0.25) is 0 Å². The summed E-state index contributed by atoms with van der Waals surface area (Å²) in [5, 5.41) is 3.00. The monoisotopic (exact) mass is 400 g/mol. The topological polar surface area (TPSA) is 58.6 Å². The van der Waals surface area contributed by atoms with Crippen LogP contribution in [-0.2, 0) is 9.53 Å². The molecule has 0 aliphatic carbocycles. The number of rotatable bonds is 5. The van der Waals surface area contributed by atoms with Crippen LogP contribution in [0.1, 0.15) is 27.4 Å². The maximum Gasteiger partial charge on any atom is 0.254 e. The van der Waals surface area contributed by atoms with Crippen molar-refractivity contribution in [1.82, 2.24) is 4.90 Å². The van der Waals surface area contributed by atoms with Crippen molar-refractivity contribution < 1.29 is 14.3 Å². The lowest BCUT2D eigenvalue weighted by Gasteiger charge is -2.27. The molecule has 5 nitrogen and oxygen atoms in total. The van der Waals surface area contributed by atoms with Gasteiger partial charge < -0.3 is 15.0 Å². The minimum atomic E-state index is -0.439. The number of anilines is 1. The minimum absolute atomic E-state index is 0.0444. The summed E-state index contributed by atoms with van der Waals surface area (Å²) in [6.45, 7) is 2.27. The van der Waals surface area contributed by atoms with Gasteiger partial charge in [0.05, 0.1) is 19.1 Å². The molecule has 3 aromatic rings. The van der Waals surface area contributed by atoms with Gasteiger partial charge in [0.2, 0.25) is 5.91 Å². The predicted octanol–water partition coefficient (Wildman–Crippen LogP) is 3.93. The minimum Gasteiger partial charge on any atom is -0.378 e. The van der Waals surface area contributed by atoms with Gasteiger partial charge in [0.25, 0.3) is 5.91 Å². The highest BCUT2D eigenvalue weighted by molar-refractivity contribution is 6.00. The number of carbonyl (C=O) groups is 2. The molecule has 3 aromatic carbocycles. The second kappa shape index (κ2) is 9.37. The van der Waals surface area contributed by atoms with E-state index in [1.807, 2.05) is 60.7 Å². The van der Waals surface area contributed by atoms with E-state index in [1.165, 1.54) is 0 Å². The number of carbonyl (C=O) groups excluding carboxylic acids is 2. The smallest absolute Gasteiger partial charge is 0.254 e. The Morgan fingerprint density at radius 3 is 2.00 bits per heavy atom. The van der Waals surface area contributed by atoms with E-state index in [0.717, 1.165) is 11.1 Å². The Balaban J connectivity index is 1.56. The summed E-state index contributed by atoms with van der Waals surface area (Å²) in [5.74, 6) is -0.619. The number of nitrogens with one attached hydrogen (secondary N) is 1. The number of amides is 2. The Bertz CT molecular complexity index is 960. The van der Waals surface area contributed by atoms with Crippen molar-refractivity contribution in [1.29, 1.82) is 0 Å². The van der Waals surface area contributed by atoms with Crippen molar-refractivity contribution in [3.63, 3.8) is 0 Å². The molecule has 4 rings (SSSR count). The quantitative estimate of drug-likeness (QED) is 0.706. The van der Waals surface area contributed by atoms with Gasteiger partial charge in [0, 0.05) is 24.3 Å². The fourth-order valence-electron chi connectivity index (χ4n) is 3.68. The number of nitrogens with zero attached hydrogens (tertiary/aromatic N) is 1. The summed E-state index contributed by atoms with van der Waals surface area (Å²) < 4.78 is 5.32. The average Bonchev–Trinajstić information content (AvgIpc) is 2.81. The zero-order valence-corrected chi connectivity index (χ0v) is 16.7. The molecule has 1 aliphatic rings. The van der Waals surface area contributed by atoms with Gasteiger partial charge in [-0.3, -0.25) is 9.59 Å². The highest BCUT2D eigenvalue weighted by Gasteiger charge is 2.23. The van der Waals surface area contributed by atoms with Crippen molar-refractivity contribution in [2.24, 2.45) is 0 Å². The molecular formula is C25H24N2O3. The zero-order valence-electron chi connectivity index (χ0n) is 16.7. The molecule has 0 radical (unpaired) electrons. The summed E-state index contributed by atoms with van der Waals surface area (Å²) >= 11 is 0. The first-order valence-electron chi connectivity index (χ1n) is 10.1. The Morgan fingerprint density at radius 1 is 0.800 bits per heavy atom. The molecule has 1 saturated heterocycles. The average molecular weight is 400 g/mol. The lowest BCUT2D eigenvalue weighted by atomic mass is 9.90. The number of ether oxygens (including phenoxy) is 1. The van der Waals surface area contributed by atoms with Crippen LogP contribution in [0.5, 0.6) is 0 Å². The molecule has 0 aromatic heterocycles. The lowest BCUT2D eigenvalue weighted by Crippen LogP contribution is -2.40. The molecule has 0 spiro atoms. The molecule has 2 amide bonds. The van der Waals surface area contributed by atoms with Gasteiger partial charge in [-0.1, -0.05) is 66.7 Å². The normalized spacial score (nSPS) is 13.8. The van der Waals surface area contributed by atoms with Crippen LogP contribution in [0.15, 0.2) is 84.9 Å². The van der Waals surface area contributed by atoms with Gasteiger partial charge in [-0.15, -0.1) is 0 Å². The Hall–Kier alpha value is -3.44. The number of hydrogen-bond donors (Lipinski definition) is 1. The van der Waals surface area contributed by atoms with Gasteiger partial charge in [0.1, 0.15) is 0 Å². The molecule has 1 aliphatic heterocycles. The van der Waals surface area contributed by atoms with Crippen LogP contribution < -0.4 is 5.32 Å². The van der Waals surface area contributed by atoms with E-state index in [9.17, 15) is 9.59 Å². The van der Waals surface area contributed by atoms with Crippen LogP contribution in [0.3, 0.4) is 0 Å². The largest absolute Gasteiger partial charge is 0.378 e. The summed E-state index contributed by atoms with van der Waals surface area (Å²) in [5.41, 5.74) is 3.00. The van der Waals surface area contributed by atoms with Crippen LogP contribution in [0.25, 0.3) is 0 Å². The van der Waals surface area contributed by atoms with Crippen LogP contribution in [-0.4, -0.2) is 43.0 Å². The van der Waals surface area contributed by atoms with Crippen molar-refractivity contribution >= 4 is 17.5 Å². The number of benzene rings is 3. The van der Waals surface area contributed by atoms with E-state index in [2.05, 4.69) is 5.32 Å². The fourth-order valence-corrected chi connectivity index (χ4v) is 3.68. The van der Waals surface area contributed by atoms with Crippen molar-refractivity contribution in [3.05, 3.63) is 102 Å². The van der Waals surface area contributed by atoms with E-state index in [4.69, 9.17) is 4.74 Å². The lowest BCUT2D eigenvalue weighted by molar-refractivity contribution is -0.116. The molecule has 1 fully saturated rings.